The fourth-order valence-corrected chi connectivity index (χ4v) is 4.39. The van der Waals surface area contributed by atoms with E-state index >= 15 is 0 Å². The molecule has 2 heteroatoms. The highest BCUT2D eigenvalue weighted by atomic mass is 32.2. The van der Waals surface area contributed by atoms with E-state index in [-0.39, 0.29) is 0 Å². The summed E-state index contributed by atoms with van der Waals surface area (Å²) in [5.41, 5.74) is 0. The molecule has 0 N–H and O–H groups in total. The first-order valence-electron chi connectivity index (χ1n) is 7.04. The maximum Gasteiger partial charge on any atom is 0.0138 e. The zero-order valence-electron chi connectivity index (χ0n) is 11.5. The summed E-state index contributed by atoms with van der Waals surface area (Å²) >= 11 is 4.40. The molecule has 0 fully saturated rings. The van der Waals surface area contributed by atoms with Gasteiger partial charge in [0.15, 0.2) is 0 Å². The lowest BCUT2D eigenvalue weighted by Gasteiger charge is -2.15. The molecule has 0 aliphatic heterocycles. The first-order chi connectivity index (χ1) is 7.85. The van der Waals surface area contributed by atoms with Crippen LogP contribution in [0.3, 0.4) is 0 Å². The number of hydrogen-bond donors (Lipinski definition) is 0. The monoisotopic (exact) mass is 262 g/mol. The molecule has 1 atom stereocenters. The summed E-state index contributed by atoms with van der Waals surface area (Å²) < 4.78 is 0. The maximum atomic E-state index is 2.30. The maximum absolute atomic E-state index is 2.30. The van der Waals surface area contributed by atoms with E-state index in [2.05, 4.69) is 44.3 Å². The SMILES string of the molecule is CCCCSCC(CCCC)SCCCC. The second kappa shape index (κ2) is 13.8. The molecule has 0 aliphatic rings. The van der Waals surface area contributed by atoms with Crippen molar-refractivity contribution in [3.05, 3.63) is 0 Å². The van der Waals surface area contributed by atoms with Gasteiger partial charge in [0.1, 0.15) is 0 Å². The van der Waals surface area contributed by atoms with Crippen LogP contribution in [0.25, 0.3) is 0 Å². The van der Waals surface area contributed by atoms with E-state index in [0.29, 0.717) is 0 Å². The van der Waals surface area contributed by atoms with E-state index in [1.807, 2.05) is 0 Å². The average Bonchev–Trinajstić information content (AvgIpc) is 2.31. The minimum Gasteiger partial charge on any atom is -0.161 e. The molecule has 0 aromatic carbocycles. The van der Waals surface area contributed by atoms with Gasteiger partial charge in [-0.25, -0.2) is 0 Å². The molecule has 0 bridgehead atoms. The van der Waals surface area contributed by atoms with Gasteiger partial charge in [-0.15, -0.1) is 0 Å². The molecule has 1 unspecified atom stereocenters. The Balaban J connectivity index is 3.54. The van der Waals surface area contributed by atoms with E-state index in [1.165, 1.54) is 62.2 Å². The number of rotatable bonds is 12. The molecule has 16 heavy (non-hydrogen) atoms. The second-order valence-electron chi connectivity index (χ2n) is 4.42. The van der Waals surface area contributed by atoms with Crippen molar-refractivity contribution in [1.29, 1.82) is 0 Å². The zero-order chi connectivity index (χ0) is 12.1. The smallest absolute Gasteiger partial charge is 0.0138 e. The molecule has 0 radical (unpaired) electrons. The summed E-state index contributed by atoms with van der Waals surface area (Å²) in [7, 11) is 0. The Bertz CT molecular complexity index is 126. The molecule has 0 aliphatic carbocycles. The lowest BCUT2D eigenvalue weighted by Crippen LogP contribution is -2.08. The molecule has 0 saturated carbocycles. The third-order valence-corrected chi connectivity index (χ3v) is 5.50. The Hall–Kier alpha value is 0.700. The van der Waals surface area contributed by atoms with Crippen molar-refractivity contribution in [2.45, 2.75) is 71.0 Å². The fraction of sp³-hybridized carbons (Fsp3) is 1.00. The van der Waals surface area contributed by atoms with Crippen LogP contribution in [-0.2, 0) is 0 Å². The summed E-state index contributed by atoms with van der Waals surface area (Å²) in [6.45, 7) is 6.88. The van der Waals surface area contributed by atoms with E-state index in [1.54, 1.807) is 0 Å². The van der Waals surface area contributed by atoms with Crippen LogP contribution in [0, 0.1) is 0 Å². The molecule has 0 heterocycles. The highest BCUT2D eigenvalue weighted by molar-refractivity contribution is 8.03. The van der Waals surface area contributed by atoms with Gasteiger partial charge in [0.2, 0.25) is 0 Å². The van der Waals surface area contributed by atoms with Crippen LogP contribution >= 0.6 is 23.5 Å². The van der Waals surface area contributed by atoms with Crippen LogP contribution in [0.2, 0.25) is 0 Å². The lowest BCUT2D eigenvalue weighted by molar-refractivity contribution is 0.715. The van der Waals surface area contributed by atoms with Crippen molar-refractivity contribution in [3.63, 3.8) is 0 Å². The molecule has 0 nitrogen and oxygen atoms in total. The molecular formula is C14H30S2. The van der Waals surface area contributed by atoms with Crippen molar-refractivity contribution < 1.29 is 0 Å². The van der Waals surface area contributed by atoms with Crippen molar-refractivity contribution in [2.75, 3.05) is 17.3 Å². The van der Waals surface area contributed by atoms with Gasteiger partial charge >= 0.3 is 0 Å². The number of unbranched alkanes of at least 4 members (excludes halogenated alkanes) is 3. The number of thioether (sulfide) groups is 2. The minimum atomic E-state index is 0.924. The standard InChI is InChI=1S/C14H30S2/c1-4-7-10-14(16-12-9-6-3)13-15-11-8-5-2/h14H,4-13H2,1-3H3. The molecule has 0 rings (SSSR count). The van der Waals surface area contributed by atoms with E-state index in [4.69, 9.17) is 0 Å². The summed E-state index contributed by atoms with van der Waals surface area (Å²) in [4.78, 5) is 0. The Morgan fingerprint density at radius 1 is 0.812 bits per heavy atom. The Morgan fingerprint density at radius 2 is 1.44 bits per heavy atom. The lowest BCUT2D eigenvalue weighted by atomic mass is 10.2. The average molecular weight is 263 g/mol. The van der Waals surface area contributed by atoms with Gasteiger partial charge in [-0.3, -0.25) is 0 Å². The quantitative estimate of drug-likeness (QED) is 0.419. The van der Waals surface area contributed by atoms with Crippen LogP contribution in [0.1, 0.15) is 65.7 Å². The number of hydrogen-bond acceptors (Lipinski definition) is 2. The molecule has 0 amide bonds. The van der Waals surface area contributed by atoms with E-state index < -0.39 is 0 Å². The summed E-state index contributed by atoms with van der Waals surface area (Å²) in [6, 6.07) is 0. The highest BCUT2D eigenvalue weighted by Crippen LogP contribution is 2.23. The van der Waals surface area contributed by atoms with Crippen molar-refractivity contribution >= 4 is 23.5 Å². The minimum absolute atomic E-state index is 0.924. The summed E-state index contributed by atoms with van der Waals surface area (Å²) in [5.74, 6) is 4.13. The predicted octanol–water partition coefficient (Wildman–Crippen LogP) is 5.61. The van der Waals surface area contributed by atoms with Crippen LogP contribution in [0.15, 0.2) is 0 Å². The van der Waals surface area contributed by atoms with Gasteiger partial charge in [0.05, 0.1) is 0 Å². The first-order valence-corrected chi connectivity index (χ1v) is 9.24. The summed E-state index contributed by atoms with van der Waals surface area (Å²) in [6.07, 6.45) is 9.68. The third kappa shape index (κ3) is 11.2. The predicted molar refractivity (Wildman–Crippen MR) is 82.9 cm³/mol. The largest absolute Gasteiger partial charge is 0.161 e. The summed E-state index contributed by atoms with van der Waals surface area (Å²) in [5, 5.41) is 0.924. The topological polar surface area (TPSA) is 0 Å². The molecule has 0 spiro atoms. The van der Waals surface area contributed by atoms with Crippen LogP contribution in [0.5, 0.6) is 0 Å². The third-order valence-electron chi connectivity index (χ3n) is 2.68. The Kier molecular flexibility index (Phi) is 14.4. The van der Waals surface area contributed by atoms with Crippen LogP contribution in [-0.4, -0.2) is 22.5 Å². The Labute approximate surface area is 112 Å². The van der Waals surface area contributed by atoms with E-state index in [0.717, 1.165) is 5.25 Å². The van der Waals surface area contributed by atoms with Crippen LogP contribution < -0.4 is 0 Å². The van der Waals surface area contributed by atoms with Crippen molar-refractivity contribution in [2.24, 2.45) is 0 Å². The molecule has 0 aromatic heterocycles. The van der Waals surface area contributed by atoms with Gasteiger partial charge in [0.25, 0.3) is 0 Å². The highest BCUT2D eigenvalue weighted by Gasteiger charge is 2.08. The fourth-order valence-electron chi connectivity index (χ4n) is 1.50. The van der Waals surface area contributed by atoms with Gasteiger partial charge in [-0.2, -0.15) is 23.5 Å². The second-order valence-corrected chi connectivity index (χ2v) is 6.98. The van der Waals surface area contributed by atoms with Gasteiger partial charge in [-0.05, 0) is 30.8 Å². The van der Waals surface area contributed by atoms with Crippen LogP contribution in [0.4, 0.5) is 0 Å². The molecular weight excluding hydrogens is 232 g/mol. The van der Waals surface area contributed by atoms with Gasteiger partial charge in [-0.1, -0.05) is 46.5 Å². The molecule has 0 aromatic rings. The van der Waals surface area contributed by atoms with E-state index in [9.17, 15) is 0 Å². The van der Waals surface area contributed by atoms with Crippen molar-refractivity contribution in [1.82, 2.24) is 0 Å². The normalized spacial score (nSPS) is 12.9. The van der Waals surface area contributed by atoms with Gasteiger partial charge < -0.3 is 0 Å². The Morgan fingerprint density at radius 3 is 2.06 bits per heavy atom. The zero-order valence-corrected chi connectivity index (χ0v) is 13.1. The first kappa shape index (κ1) is 16.7. The van der Waals surface area contributed by atoms with Crippen molar-refractivity contribution in [3.8, 4) is 0 Å². The van der Waals surface area contributed by atoms with Gasteiger partial charge in [0, 0.05) is 11.0 Å². The molecule has 0 saturated heterocycles. The molecule has 98 valence electrons.